The number of carboxylic acids is 1. The van der Waals surface area contributed by atoms with E-state index in [9.17, 15) is 24.6 Å². The summed E-state index contributed by atoms with van der Waals surface area (Å²) in [4.78, 5) is 54.6. The largest absolute Gasteiger partial charge is 0.478 e. The average Bonchev–Trinajstić information content (AvgIpc) is 3.79. The minimum absolute atomic E-state index is 0.272. The van der Waals surface area contributed by atoms with Gasteiger partial charge in [0, 0.05) is 50.5 Å². The number of aliphatic hydroxyl groups excluding tert-OH is 1. The summed E-state index contributed by atoms with van der Waals surface area (Å²) < 4.78 is 10.3. The highest BCUT2D eigenvalue weighted by Crippen LogP contribution is 2.50. The monoisotopic (exact) mass is 632 g/mol. The Labute approximate surface area is 269 Å². The highest BCUT2D eigenvalue weighted by atomic mass is 16.5. The number of hydrogen-bond donors (Lipinski definition) is 4. The third kappa shape index (κ3) is 4.74. The first-order valence-electron chi connectivity index (χ1n) is 14.7. The zero-order valence-corrected chi connectivity index (χ0v) is 26.4. The Hall–Kier alpha value is -5.81. The lowest BCUT2D eigenvalue weighted by Crippen LogP contribution is -2.24. The maximum absolute atomic E-state index is 13.3. The lowest BCUT2D eigenvalue weighted by Gasteiger charge is -2.15. The van der Waals surface area contributed by atoms with E-state index in [1.54, 1.807) is 38.1 Å². The Morgan fingerprint density at radius 2 is 1.47 bits per heavy atom. The minimum atomic E-state index is -1.32. The van der Waals surface area contributed by atoms with E-state index in [4.69, 9.17) is 19.4 Å². The molecule has 4 N–H and O–H groups in total. The van der Waals surface area contributed by atoms with Gasteiger partial charge in [-0.25, -0.2) is 19.6 Å². The van der Waals surface area contributed by atoms with Gasteiger partial charge in [-0.3, -0.25) is 4.79 Å². The highest BCUT2D eigenvalue weighted by Gasteiger charge is 2.47. The molecular formula is C36H32N4O7. The number of aliphatic carboxylic acids is 1. The van der Waals surface area contributed by atoms with Crippen LogP contribution in [0.2, 0.25) is 0 Å². The van der Waals surface area contributed by atoms with E-state index in [1.807, 2.05) is 13.0 Å². The zero-order chi connectivity index (χ0) is 33.9. The van der Waals surface area contributed by atoms with Crippen molar-refractivity contribution in [2.24, 2.45) is 0 Å². The van der Waals surface area contributed by atoms with E-state index in [-0.39, 0.29) is 5.56 Å². The molecule has 0 amide bonds. The normalized spacial score (nSPS) is 17.0. The number of aromatic amines is 2. The number of rotatable bonds is 6. The van der Waals surface area contributed by atoms with Gasteiger partial charge < -0.3 is 29.7 Å². The molecule has 0 saturated heterocycles. The number of H-pyrrole nitrogens is 2. The molecule has 2 atom stereocenters. The molecule has 0 spiro atoms. The molecule has 1 unspecified atom stereocenters. The SMILES string of the molecule is C=Cc1c(C)c2cc3nc(c4c5nc(cc6[nH]c(cc1[nH]2)c(C(=O)OC)c6C=C)C(C)=C5C(O)[C@@H]4C(=O)OC)C(/C=C/C(=O)O)=C3C. The molecule has 238 valence electrons. The quantitative estimate of drug-likeness (QED) is 0.193. The van der Waals surface area contributed by atoms with Crippen LogP contribution in [0, 0.1) is 6.92 Å². The summed E-state index contributed by atoms with van der Waals surface area (Å²) in [5.74, 6) is -3.59. The number of aryl methyl sites for hydroxylation is 1. The Kier molecular flexibility index (Phi) is 7.65. The van der Waals surface area contributed by atoms with Crippen LogP contribution in [0.3, 0.4) is 0 Å². The molecule has 0 radical (unpaired) electrons. The van der Waals surface area contributed by atoms with Crippen LogP contribution in [0.25, 0.3) is 56.5 Å². The average molecular weight is 633 g/mol. The summed E-state index contributed by atoms with van der Waals surface area (Å²) in [7, 11) is 2.54. The van der Waals surface area contributed by atoms with E-state index < -0.39 is 29.9 Å². The molecule has 3 aromatic rings. The van der Waals surface area contributed by atoms with E-state index in [0.29, 0.717) is 78.3 Å². The molecule has 1 aliphatic carbocycles. The van der Waals surface area contributed by atoms with Crippen molar-refractivity contribution in [3.05, 3.63) is 94.1 Å². The third-order valence-electron chi connectivity index (χ3n) is 8.95. The molecular weight excluding hydrogens is 600 g/mol. The van der Waals surface area contributed by atoms with Crippen LogP contribution in [-0.2, 0) is 19.1 Å². The van der Waals surface area contributed by atoms with Crippen LogP contribution in [0.4, 0.5) is 0 Å². The molecule has 5 heterocycles. The number of carboxylic acid groups (broad SMARTS) is 1. The Bertz CT molecular complexity index is 2230. The lowest BCUT2D eigenvalue weighted by atomic mass is 9.94. The molecule has 11 heteroatoms. The number of methoxy groups -OCH3 is 2. The van der Waals surface area contributed by atoms with Gasteiger partial charge in [0.1, 0.15) is 5.92 Å². The molecule has 3 aliphatic rings. The predicted octanol–water partition coefficient (Wildman–Crippen LogP) is 5.83. The highest BCUT2D eigenvalue weighted by molar-refractivity contribution is 6.08. The fourth-order valence-corrected chi connectivity index (χ4v) is 6.58. The number of carbonyl (C=O) groups is 3. The smallest absolute Gasteiger partial charge is 0.340 e. The number of fused-ring (bicyclic) bond motifs is 8. The second-order valence-corrected chi connectivity index (χ2v) is 11.4. The molecule has 11 nitrogen and oxygen atoms in total. The molecule has 6 rings (SSSR count). The van der Waals surface area contributed by atoms with E-state index in [2.05, 4.69) is 23.1 Å². The number of nitrogens with one attached hydrogen (secondary N) is 2. The number of nitrogens with zero attached hydrogens (tertiary/aromatic N) is 2. The van der Waals surface area contributed by atoms with Gasteiger partial charge in [-0.15, -0.1) is 0 Å². The fraction of sp³-hybridized carbons (Fsp3) is 0.194. The number of aliphatic hydroxyl groups is 1. The zero-order valence-electron chi connectivity index (χ0n) is 26.4. The van der Waals surface area contributed by atoms with Crippen molar-refractivity contribution in [2.45, 2.75) is 32.8 Å². The van der Waals surface area contributed by atoms with Crippen molar-refractivity contribution in [3.8, 4) is 0 Å². The summed E-state index contributed by atoms with van der Waals surface area (Å²) in [6, 6.07) is 5.36. The van der Waals surface area contributed by atoms with Crippen LogP contribution < -0.4 is 0 Å². The van der Waals surface area contributed by atoms with Gasteiger partial charge in [0.2, 0.25) is 0 Å². The van der Waals surface area contributed by atoms with Crippen molar-refractivity contribution in [2.75, 3.05) is 14.2 Å². The Balaban J connectivity index is 1.89. The van der Waals surface area contributed by atoms with Gasteiger partial charge in [0.15, 0.2) is 0 Å². The first-order valence-corrected chi connectivity index (χ1v) is 14.7. The van der Waals surface area contributed by atoms with Gasteiger partial charge in [-0.1, -0.05) is 25.3 Å². The van der Waals surface area contributed by atoms with Crippen molar-refractivity contribution < 1.29 is 34.1 Å². The van der Waals surface area contributed by atoms with Gasteiger partial charge in [-0.2, -0.15) is 0 Å². The second-order valence-electron chi connectivity index (χ2n) is 11.4. The van der Waals surface area contributed by atoms with Gasteiger partial charge >= 0.3 is 17.9 Å². The van der Waals surface area contributed by atoms with Crippen molar-refractivity contribution >= 4 is 74.4 Å². The molecule has 8 bridgehead atoms. The molecule has 0 saturated carbocycles. The third-order valence-corrected chi connectivity index (χ3v) is 8.95. The van der Waals surface area contributed by atoms with Crippen LogP contribution in [-0.4, -0.2) is 68.4 Å². The number of allylic oxidation sites excluding steroid dienone is 4. The number of hydrogen-bond acceptors (Lipinski definition) is 8. The molecule has 3 aromatic heterocycles. The minimum Gasteiger partial charge on any atom is -0.478 e. The second kappa shape index (κ2) is 11.5. The Morgan fingerprint density at radius 3 is 2.11 bits per heavy atom. The van der Waals surface area contributed by atoms with Gasteiger partial charge in [-0.05, 0) is 61.8 Å². The fourth-order valence-electron chi connectivity index (χ4n) is 6.58. The number of carbonyl (C=O) groups excluding carboxylic acids is 2. The number of esters is 2. The van der Waals surface area contributed by atoms with Gasteiger partial charge in [0.25, 0.3) is 0 Å². The van der Waals surface area contributed by atoms with Crippen LogP contribution in [0.1, 0.15) is 75.2 Å². The standard InChI is InChI=1S/C36H32N4O7/c1-8-18-15(3)21-12-22-16(4)20(10-11-27(41)42)32(39-22)30-31(36(45)47-7)34(43)28-17(5)23(40-33(28)30)13-25-19(9-2)29(35(44)46-6)26(38-25)14-24(18)37-21/h8-14,31,34,37-38,43H,1-2H2,3-7H3,(H,41,42)/b11-10+,21-12?,22-12?,23-13?,24-14?,25-13?,26-14?,32-30?/t31-,34?/m1/s1. The van der Waals surface area contributed by atoms with Crippen molar-refractivity contribution in [3.63, 3.8) is 0 Å². The summed E-state index contributed by atoms with van der Waals surface area (Å²) in [5, 5.41) is 21.2. The Morgan fingerprint density at radius 1 is 0.851 bits per heavy atom. The van der Waals surface area contributed by atoms with E-state index in [1.165, 1.54) is 20.3 Å². The maximum Gasteiger partial charge on any atom is 0.340 e. The molecule has 2 aliphatic heterocycles. The lowest BCUT2D eigenvalue weighted by molar-refractivity contribution is -0.144. The molecule has 47 heavy (non-hydrogen) atoms. The van der Waals surface area contributed by atoms with E-state index in [0.717, 1.165) is 17.2 Å². The predicted molar refractivity (Wildman–Crippen MR) is 180 cm³/mol. The first-order chi connectivity index (χ1) is 22.4. The first kappa shape index (κ1) is 31.2. The number of aromatic nitrogens is 4. The number of ether oxygens (including phenoxy) is 2. The van der Waals surface area contributed by atoms with Crippen molar-refractivity contribution in [1.29, 1.82) is 0 Å². The molecule has 0 fully saturated rings. The van der Waals surface area contributed by atoms with Crippen LogP contribution >= 0.6 is 0 Å². The summed E-state index contributed by atoms with van der Waals surface area (Å²) in [5.41, 5.74) is 8.79. The summed E-state index contributed by atoms with van der Waals surface area (Å²) in [6.07, 6.45) is 4.38. The van der Waals surface area contributed by atoms with Crippen LogP contribution in [0.5, 0.6) is 0 Å². The molecule has 0 aromatic carbocycles. The van der Waals surface area contributed by atoms with E-state index >= 15 is 0 Å². The van der Waals surface area contributed by atoms with Gasteiger partial charge in [0.05, 0.1) is 54.2 Å². The maximum atomic E-state index is 13.3. The van der Waals surface area contributed by atoms with Crippen molar-refractivity contribution in [1.82, 2.24) is 19.9 Å². The van der Waals surface area contributed by atoms with Crippen LogP contribution in [0.15, 0.2) is 43.5 Å². The summed E-state index contributed by atoms with van der Waals surface area (Å²) >= 11 is 0. The topological polar surface area (TPSA) is 167 Å². The summed E-state index contributed by atoms with van der Waals surface area (Å²) in [6.45, 7) is 13.5.